The molecule has 4 atom stereocenters. The summed E-state index contributed by atoms with van der Waals surface area (Å²) in [5, 5.41) is 17.6. The SMILES string of the molecule is CC(O)COC(C)COC(C)CO.COCC(C)OC(C)=O. The zero-order valence-corrected chi connectivity index (χ0v) is 14.6. The third-order valence-corrected chi connectivity index (χ3v) is 2.26. The standard InChI is InChI=1S/C9H20O4.C6H12O3/c1-7(11)5-12-9(3)6-13-8(2)4-10;1-5(4-8-3)9-6(2)7/h7-11H,4-6H2,1-3H3;5H,4H2,1-3H3. The molecule has 0 rings (SSSR count). The molecule has 7 nitrogen and oxygen atoms in total. The third-order valence-electron chi connectivity index (χ3n) is 2.26. The molecular formula is C15H32O7. The summed E-state index contributed by atoms with van der Waals surface area (Å²) in [5.74, 6) is -0.264. The van der Waals surface area contributed by atoms with Gasteiger partial charge in [-0.3, -0.25) is 4.79 Å². The monoisotopic (exact) mass is 324 g/mol. The maximum absolute atomic E-state index is 10.3. The Balaban J connectivity index is 0. The van der Waals surface area contributed by atoms with Crippen molar-refractivity contribution in [1.29, 1.82) is 0 Å². The first kappa shape index (κ1) is 23.5. The second kappa shape index (κ2) is 15.2. The van der Waals surface area contributed by atoms with Gasteiger partial charge >= 0.3 is 5.97 Å². The lowest BCUT2D eigenvalue weighted by molar-refractivity contribution is -0.147. The number of carbonyl (C=O) groups is 1. The van der Waals surface area contributed by atoms with E-state index in [1.165, 1.54) is 6.92 Å². The van der Waals surface area contributed by atoms with Crippen molar-refractivity contribution in [2.45, 2.75) is 59.0 Å². The first-order valence-electron chi connectivity index (χ1n) is 7.41. The van der Waals surface area contributed by atoms with E-state index in [1.54, 1.807) is 27.9 Å². The van der Waals surface area contributed by atoms with E-state index in [0.29, 0.717) is 19.8 Å². The first-order valence-corrected chi connectivity index (χ1v) is 7.41. The minimum atomic E-state index is -0.447. The first-order chi connectivity index (χ1) is 10.2. The zero-order chi connectivity index (χ0) is 17.5. The number of aliphatic hydroxyl groups is 2. The summed E-state index contributed by atoms with van der Waals surface area (Å²) in [6.07, 6.45) is -0.786. The van der Waals surface area contributed by atoms with Gasteiger partial charge in [-0.25, -0.2) is 0 Å². The second-order valence-electron chi connectivity index (χ2n) is 5.19. The van der Waals surface area contributed by atoms with Crippen LogP contribution in [0.1, 0.15) is 34.6 Å². The molecule has 0 aliphatic rings. The Morgan fingerprint density at radius 2 is 1.50 bits per heavy atom. The highest BCUT2D eigenvalue weighted by molar-refractivity contribution is 5.66. The Kier molecular flexibility index (Phi) is 16.2. The molecule has 0 bridgehead atoms. The normalized spacial score (nSPS) is 16.0. The van der Waals surface area contributed by atoms with Crippen molar-refractivity contribution in [1.82, 2.24) is 0 Å². The minimum Gasteiger partial charge on any atom is -0.460 e. The Bertz CT molecular complexity index is 258. The number of carbonyl (C=O) groups excluding carboxylic acids is 1. The maximum Gasteiger partial charge on any atom is 0.302 e. The fraction of sp³-hybridized carbons (Fsp3) is 0.933. The predicted octanol–water partition coefficient (Wildman–Crippen LogP) is 0.754. The molecule has 0 amide bonds. The van der Waals surface area contributed by atoms with Crippen molar-refractivity contribution in [2.75, 3.05) is 33.5 Å². The Hall–Kier alpha value is -0.730. The lowest BCUT2D eigenvalue weighted by atomic mass is 10.4. The van der Waals surface area contributed by atoms with Crippen LogP contribution in [0.4, 0.5) is 0 Å². The summed E-state index contributed by atoms with van der Waals surface area (Å²) in [4.78, 5) is 10.3. The van der Waals surface area contributed by atoms with Gasteiger partial charge in [0.2, 0.25) is 0 Å². The topological polar surface area (TPSA) is 94.5 Å². The minimum absolute atomic E-state index is 0.0170. The molecule has 0 spiro atoms. The molecular weight excluding hydrogens is 292 g/mol. The van der Waals surface area contributed by atoms with Crippen molar-refractivity contribution in [3.63, 3.8) is 0 Å². The van der Waals surface area contributed by atoms with Gasteiger partial charge in [0.1, 0.15) is 6.10 Å². The summed E-state index contributed by atoms with van der Waals surface area (Å²) < 4.78 is 19.9. The molecule has 0 fully saturated rings. The summed E-state index contributed by atoms with van der Waals surface area (Å²) in [6, 6.07) is 0. The Morgan fingerprint density at radius 1 is 0.955 bits per heavy atom. The molecule has 7 heteroatoms. The van der Waals surface area contributed by atoms with Crippen molar-refractivity contribution >= 4 is 5.97 Å². The fourth-order valence-electron chi connectivity index (χ4n) is 1.26. The van der Waals surface area contributed by atoms with E-state index in [2.05, 4.69) is 0 Å². The average molecular weight is 324 g/mol. The molecule has 0 aliphatic heterocycles. The number of hydrogen-bond donors (Lipinski definition) is 2. The van der Waals surface area contributed by atoms with Crippen LogP contribution in [0.2, 0.25) is 0 Å². The Morgan fingerprint density at radius 3 is 1.91 bits per heavy atom. The number of ether oxygens (including phenoxy) is 4. The molecule has 0 aliphatic carbocycles. The molecule has 0 aromatic rings. The third kappa shape index (κ3) is 19.3. The van der Waals surface area contributed by atoms with Gasteiger partial charge < -0.3 is 29.2 Å². The zero-order valence-electron chi connectivity index (χ0n) is 14.6. The molecule has 0 heterocycles. The van der Waals surface area contributed by atoms with Gasteiger partial charge in [0.15, 0.2) is 0 Å². The van der Waals surface area contributed by atoms with Crippen LogP contribution in [0.25, 0.3) is 0 Å². The summed E-state index contributed by atoms with van der Waals surface area (Å²) in [6.45, 7) is 9.73. The highest BCUT2D eigenvalue weighted by Crippen LogP contribution is 1.97. The van der Waals surface area contributed by atoms with Gasteiger partial charge in [0.05, 0.1) is 44.7 Å². The van der Waals surface area contributed by atoms with E-state index in [1.807, 2.05) is 6.92 Å². The van der Waals surface area contributed by atoms with Gasteiger partial charge in [-0.1, -0.05) is 0 Å². The van der Waals surface area contributed by atoms with E-state index in [-0.39, 0.29) is 30.9 Å². The molecule has 2 N–H and O–H groups in total. The highest BCUT2D eigenvalue weighted by Gasteiger charge is 2.07. The molecule has 4 unspecified atom stereocenters. The Labute approximate surface area is 133 Å². The van der Waals surface area contributed by atoms with E-state index in [0.717, 1.165) is 0 Å². The van der Waals surface area contributed by atoms with Crippen molar-refractivity contribution in [3.8, 4) is 0 Å². The number of methoxy groups -OCH3 is 1. The molecule has 0 saturated carbocycles. The van der Waals surface area contributed by atoms with E-state index in [4.69, 9.17) is 29.2 Å². The maximum atomic E-state index is 10.3. The molecule has 22 heavy (non-hydrogen) atoms. The van der Waals surface area contributed by atoms with Crippen molar-refractivity contribution in [2.24, 2.45) is 0 Å². The van der Waals surface area contributed by atoms with Gasteiger partial charge in [-0.15, -0.1) is 0 Å². The quantitative estimate of drug-likeness (QED) is 0.573. The van der Waals surface area contributed by atoms with Crippen molar-refractivity contribution in [3.05, 3.63) is 0 Å². The molecule has 0 aromatic heterocycles. The van der Waals surface area contributed by atoms with Gasteiger partial charge in [0.25, 0.3) is 0 Å². The van der Waals surface area contributed by atoms with Crippen LogP contribution < -0.4 is 0 Å². The van der Waals surface area contributed by atoms with Crippen LogP contribution >= 0.6 is 0 Å². The molecule has 0 saturated heterocycles. The van der Waals surface area contributed by atoms with E-state index >= 15 is 0 Å². The number of rotatable bonds is 10. The summed E-state index contributed by atoms with van der Waals surface area (Å²) >= 11 is 0. The lowest BCUT2D eigenvalue weighted by Crippen LogP contribution is -2.24. The fourth-order valence-corrected chi connectivity index (χ4v) is 1.26. The number of esters is 1. The predicted molar refractivity (Wildman–Crippen MR) is 82.7 cm³/mol. The van der Waals surface area contributed by atoms with Crippen LogP contribution in [-0.2, 0) is 23.7 Å². The van der Waals surface area contributed by atoms with Gasteiger partial charge in [0, 0.05) is 14.0 Å². The largest absolute Gasteiger partial charge is 0.460 e. The summed E-state index contributed by atoms with van der Waals surface area (Å²) in [5.41, 5.74) is 0. The van der Waals surface area contributed by atoms with Crippen LogP contribution in [-0.4, -0.2) is 74.1 Å². The second-order valence-corrected chi connectivity index (χ2v) is 5.19. The van der Waals surface area contributed by atoms with Gasteiger partial charge in [-0.05, 0) is 27.7 Å². The molecule has 0 aromatic carbocycles. The van der Waals surface area contributed by atoms with Crippen LogP contribution in [0.15, 0.2) is 0 Å². The summed E-state index contributed by atoms with van der Waals surface area (Å²) in [7, 11) is 1.57. The lowest BCUT2D eigenvalue weighted by Gasteiger charge is -2.16. The number of aliphatic hydroxyl groups excluding tert-OH is 2. The van der Waals surface area contributed by atoms with Crippen molar-refractivity contribution < 1.29 is 34.0 Å². The van der Waals surface area contributed by atoms with Gasteiger partial charge in [-0.2, -0.15) is 0 Å². The number of hydrogen-bond acceptors (Lipinski definition) is 7. The van der Waals surface area contributed by atoms with Crippen LogP contribution in [0.5, 0.6) is 0 Å². The average Bonchev–Trinajstić information content (AvgIpc) is 2.42. The van der Waals surface area contributed by atoms with Crippen LogP contribution in [0, 0.1) is 0 Å². The van der Waals surface area contributed by atoms with E-state index in [9.17, 15) is 4.79 Å². The smallest absolute Gasteiger partial charge is 0.302 e. The highest BCUT2D eigenvalue weighted by atomic mass is 16.6. The van der Waals surface area contributed by atoms with E-state index < -0.39 is 6.10 Å². The molecule has 134 valence electrons. The molecule has 0 radical (unpaired) electrons. The van der Waals surface area contributed by atoms with Crippen LogP contribution in [0.3, 0.4) is 0 Å².